The Balaban J connectivity index is 1.61. The number of likely N-dealkylation sites (tertiary alicyclic amines) is 1. The second kappa shape index (κ2) is 8.81. The zero-order valence-corrected chi connectivity index (χ0v) is 14.9. The lowest BCUT2D eigenvalue weighted by atomic mass is 10.0. The van der Waals surface area contributed by atoms with Crippen molar-refractivity contribution in [1.29, 1.82) is 0 Å². The highest BCUT2D eigenvalue weighted by atomic mass is 19.1. The molecule has 1 fully saturated rings. The number of nitrogens with zero attached hydrogens (tertiary/aromatic N) is 1. The molecule has 138 valence electrons. The highest BCUT2D eigenvalue weighted by Crippen LogP contribution is 2.26. The molecule has 0 saturated carbocycles. The van der Waals surface area contributed by atoms with Gasteiger partial charge in [-0.3, -0.25) is 4.79 Å². The Labute approximate surface area is 153 Å². The van der Waals surface area contributed by atoms with Crippen LogP contribution in [0.25, 0.3) is 11.1 Å². The molecule has 0 aromatic heterocycles. The maximum Gasteiger partial charge on any atom is 0.251 e. The van der Waals surface area contributed by atoms with E-state index in [0.29, 0.717) is 23.2 Å². The average molecular weight is 356 g/mol. The van der Waals surface area contributed by atoms with Crippen molar-refractivity contribution < 1.29 is 14.3 Å². The molecule has 3 rings (SSSR count). The fourth-order valence-corrected chi connectivity index (χ4v) is 3.36. The minimum absolute atomic E-state index is 0.117. The highest BCUT2D eigenvalue weighted by Gasteiger charge is 2.12. The van der Waals surface area contributed by atoms with E-state index in [2.05, 4.69) is 10.2 Å². The molecule has 1 heterocycles. The van der Waals surface area contributed by atoms with Gasteiger partial charge in [-0.2, -0.15) is 0 Å². The highest BCUT2D eigenvalue weighted by molar-refractivity contribution is 5.95. The van der Waals surface area contributed by atoms with Crippen molar-refractivity contribution in [3.63, 3.8) is 0 Å². The molecule has 0 unspecified atom stereocenters. The van der Waals surface area contributed by atoms with Crippen LogP contribution in [0.2, 0.25) is 0 Å². The van der Waals surface area contributed by atoms with Crippen LogP contribution in [0.4, 0.5) is 4.39 Å². The first-order chi connectivity index (χ1) is 12.6. The van der Waals surface area contributed by atoms with E-state index in [1.54, 1.807) is 24.3 Å². The summed E-state index contributed by atoms with van der Waals surface area (Å²) in [5, 5.41) is 12.3. The fraction of sp³-hybridized carbons (Fsp3) is 0.381. The summed E-state index contributed by atoms with van der Waals surface area (Å²) in [5.74, 6) is -0.779. The predicted molar refractivity (Wildman–Crippen MR) is 101 cm³/mol. The molecule has 2 aromatic carbocycles. The SMILES string of the molecule is O=C(NCCN1CCCCCC1)c1cccc(-c2ccc(O)cc2F)c1. The molecular formula is C21H25FN2O2. The number of hydrogen-bond donors (Lipinski definition) is 2. The molecule has 1 saturated heterocycles. The van der Waals surface area contributed by atoms with Crippen LogP contribution in [0.15, 0.2) is 42.5 Å². The maximum atomic E-state index is 14.0. The van der Waals surface area contributed by atoms with Crippen LogP contribution < -0.4 is 5.32 Å². The standard InChI is InChI=1S/C21H25FN2O2/c22-20-15-18(25)8-9-19(20)16-6-5-7-17(14-16)21(26)23-10-13-24-11-3-1-2-4-12-24/h5-9,14-15,25H,1-4,10-13H2,(H,23,26). The summed E-state index contributed by atoms with van der Waals surface area (Å²) < 4.78 is 14.0. The number of phenols is 1. The van der Waals surface area contributed by atoms with Crippen LogP contribution in [0.1, 0.15) is 36.0 Å². The molecule has 4 nitrogen and oxygen atoms in total. The first-order valence-corrected chi connectivity index (χ1v) is 9.23. The van der Waals surface area contributed by atoms with Gasteiger partial charge in [0, 0.05) is 30.3 Å². The van der Waals surface area contributed by atoms with Crippen molar-refractivity contribution in [3.8, 4) is 16.9 Å². The average Bonchev–Trinajstić information content (AvgIpc) is 2.90. The molecule has 2 aromatic rings. The van der Waals surface area contributed by atoms with E-state index in [4.69, 9.17) is 0 Å². The van der Waals surface area contributed by atoms with Crippen molar-refractivity contribution >= 4 is 5.91 Å². The number of amides is 1. The molecule has 0 bridgehead atoms. The number of aromatic hydroxyl groups is 1. The Morgan fingerprint density at radius 2 is 1.85 bits per heavy atom. The summed E-state index contributed by atoms with van der Waals surface area (Å²) in [4.78, 5) is 14.8. The lowest BCUT2D eigenvalue weighted by Crippen LogP contribution is -2.35. The third-order valence-electron chi connectivity index (χ3n) is 4.80. The first kappa shape index (κ1) is 18.4. The molecule has 1 aliphatic heterocycles. The minimum atomic E-state index is -0.510. The number of nitrogens with one attached hydrogen (secondary N) is 1. The minimum Gasteiger partial charge on any atom is -0.508 e. The third kappa shape index (κ3) is 4.82. The molecule has 26 heavy (non-hydrogen) atoms. The van der Waals surface area contributed by atoms with E-state index in [-0.39, 0.29) is 11.7 Å². The fourth-order valence-electron chi connectivity index (χ4n) is 3.36. The molecule has 5 heteroatoms. The quantitative estimate of drug-likeness (QED) is 0.857. The molecule has 1 aliphatic rings. The van der Waals surface area contributed by atoms with Gasteiger partial charge in [0.15, 0.2) is 0 Å². The number of benzene rings is 2. The van der Waals surface area contributed by atoms with Gasteiger partial charge in [-0.1, -0.05) is 25.0 Å². The van der Waals surface area contributed by atoms with Crippen molar-refractivity contribution in [3.05, 3.63) is 53.8 Å². The molecule has 0 radical (unpaired) electrons. The lowest BCUT2D eigenvalue weighted by molar-refractivity contribution is 0.0948. The van der Waals surface area contributed by atoms with Crippen LogP contribution >= 0.6 is 0 Å². The predicted octanol–water partition coefficient (Wildman–Crippen LogP) is 3.80. The molecular weight excluding hydrogens is 331 g/mol. The Bertz CT molecular complexity index is 755. The van der Waals surface area contributed by atoms with Gasteiger partial charge in [0.05, 0.1) is 0 Å². The number of hydrogen-bond acceptors (Lipinski definition) is 3. The van der Waals surface area contributed by atoms with E-state index in [1.807, 2.05) is 0 Å². The van der Waals surface area contributed by atoms with Gasteiger partial charge in [0.2, 0.25) is 0 Å². The van der Waals surface area contributed by atoms with Gasteiger partial charge in [-0.25, -0.2) is 4.39 Å². The number of rotatable bonds is 5. The van der Waals surface area contributed by atoms with E-state index in [1.165, 1.54) is 37.8 Å². The van der Waals surface area contributed by atoms with Crippen LogP contribution in [-0.2, 0) is 0 Å². The summed E-state index contributed by atoms with van der Waals surface area (Å²) in [5.41, 5.74) is 1.48. The zero-order chi connectivity index (χ0) is 18.4. The van der Waals surface area contributed by atoms with E-state index in [0.717, 1.165) is 25.7 Å². The van der Waals surface area contributed by atoms with Crippen LogP contribution in [-0.4, -0.2) is 42.1 Å². The molecule has 0 atom stereocenters. The lowest BCUT2D eigenvalue weighted by Gasteiger charge is -2.19. The van der Waals surface area contributed by atoms with Crippen LogP contribution in [0.3, 0.4) is 0 Å². The Kier molecular flexibility index (Phi) is 6.23. The number of phenolic OH excluding ortho intramolecular Hbond substituents is 1. The Hall–Kier alpha value is -2.40. The molecule has 0 spiro atoms. The number of carbonyl (C=O) groups excluding carboxylic acids is 1. The van der Waals surface area contributed by atoms with Gasteiger partial charge in [-0.15, -0.1) is 0 Å². The van der Waals surface area contributed by atoms with Crippen LogP contribution in [0, 0.1) is 5.82 Å². The summed E-state index contributed by atoms with van der Waals surface area (Å²) >= 11 is 0. The van der Waals surface area contributed by atoms with Crippen molar-refractivity contribution in [1.82, 2.24) is 10.2 Å². The van der Waals surface area contributed by atoms with Crippen molar-refractivity contribution in [2.45, 2.75) is 25.7 Å². The summed E-state index contributed by atoms with van der Waals surface area (Å²) in [6.07, 6.45) is 5.05. The molecule has 0 aliphatic carbocycles. The topological polar surface area (TPSA) is 52.6 Å². The molecule has 2 N–H and O–H groups in total. The number of carbonyl (C=O) groups is 1. The first-order valence-electron chi connectivity index (χ1n) is 9.23. The second-order valence-electron chi connectivity index (χ2n) is 6.76. The van der Waals surface area contributed by atoms with Crippen molar-refractivity contribution in [2.24, 2.45) is 0 Å². The van der Waals surface area contributed by atoms with Crippen molar-refractivity contribution in [2.75, 3.05) is 26.2 Å². The van der Waals surface area contributed by atoms with Gasteiger partial charge in [0.25, 0.3) is 5.91 Å². The van der Waals surface area contributed by atoms with E-state index in [9.17, 15) is 14.3 Å². The van der Waals surface area contributed by atoms with Gasteiger partial charge in [-0.05, 0) is 55.8 Å². The van der Waals surface area contributed by atoms with Gasteiger partial charge >= 0.3 is 0 Å². The van der Waals surface area contributed by atoms with Gasteiger partial charge < -0.3 is 15.3 Å². The van der Waals surface area contributed by atoms with Gasteiger partial charge in [0.1, 0.15) is 11.6 Å². The zero-order valence-electron chi connectivity index (χ0n) is 14.9. The maximum absolute atomic E-state index is 14.0. The third-order valence-corrected chi connectivity index (χ3v) is 4.80. The Morgan fingerprint density at radius 1 is 1.08 bits per heavy atom. The summed E-state index contributed by atoms with van der Waals surface area (Å²) in [6, 6.07) is 10.9. The Morgan fingerprint density at radius 3 is 2.58 bits per heavy atom. The van der Waals surface area contributed by atoms with Crippen LogP contribution in [0.5, 0.6) is 5.75 Å². The summed E-state index contributed by atoms with van der Waals surface area (Å²) in [7, 11) is 0. The summed E-state index contributed by atoms with van der Waals surface area (Å²) in [6.45, 7) is 3.67. The largest absolute Gasteiger partial charge is 0.508 e. The monoisotopic (exact) mass is 356 g/mol. The number of halogens is 1. The molecule has 1 amide bonds. The second-order valence-corrected chi connectivity index (χ2v) is 6.76. The van der Waals surface area contributed by atoms with E-state index < -0.39 is 5.82 Å². The van der Waals surface area contributed by atoms with E-state index >= 15 is 0 Å². The smallest absolute Gasteiger partial charge is 0.251 e. The normalized spacial score (nSPS) is 15.4.